The van der Waals surface area contributed by atoms with Gasteiger partial charge in [0.2, 0.25) is 11.8 Å². The van der Waals surface area contributed by atoms with Crippen molar-refractivity contribution < 1.29 is 27.5 Å². The van der Waals surface area contributed by atoms with Crippen molar-refractivity contribution in [2.45, 2.75) is 50.6 Å². The summed E-state index contributed by atoms with van der Waals surface area (Å²) in [6, 6.07) is 26.7. The Morgan fingerprint density at radius 2 is 1.52 bits per heavy atom. The molecular weight excluding hydrogens is 650 g/mol. The lowest BCUT2D eigenvalue weighted by Crippen LogP contribution is -2.53. The predicted molar refractivity (Wildman–Crippen MR) is 189 cm³/mol. The van der Waals surface area contributed by atoms with E-state index in [2.05, 4.69) is 5.32 Å². The number of sulfonamides is 1. The standard InChI is InChI=1S/C37H42ClN3O6S/c1-5-6-22-39-37(43)33(23-28-10-8-7-9-11-28)40(25-29-14-16-30(38)17-15-29)36(42)26-41(31-18-12-27(2)13-19-31)48(44,45)32-20-21-34(46-3)35(24-32)47-4/h7-21,24,33H,5-6,22-23,25-26H2,1-4H3,(H,39,43). The Morgan fingerprint density at radius 3 is 2.15 bits per heavy atom. The summed E-state index contributed by atoms with van der Waals surface area (Å²) in [6.07, 6.45) is 1.89. The van der Waals surface area contributed by atoms with Crippen LogP contribution in [0.15, 0.2) is 102 Å². The Morgan fingerprint density at radius 1 is 0.854 bits per heavy atom. The second-order valence-electron chi connectivity index (χ2n) is 11.4. The summed E-state index contributed by atoms with van der Waals surface area (Å²) in [7, 11) is -1.44. The van der Waals surface area contributed by atoms with Crippen molar-refractivity contribution in [2.75, 3.05) is 31.6 Å². The molecule has 4 aromatic carbocycles. The number of benzene rings is 4. The van der Waals surface area contributed by atoms with Crippen LogP contribution in [0.4, 0.5) is 5.69 Å². The van der Waals surface area contributed by atoms with Crippen molar-refractivity contribution in [1.82, 2.24) is 10.2 Å². The molecule has 11 heteroatoms. The summed E-state index contributed by atoms with van der Waals surface area (Å²) in [5.41, 5.74) is 2.80. The van der Waals surface area contributed by atoms with E-state index >= 15 is 0 Å². The van der Waals surface area contributed by atoms with Crippen LogP contribution in [0.1, 0.15) is 36.5 Å². The van der Waals surface area contributed by atoms with E-state index in [0.717, 1.165) is 33.8 Å². The number of amides is 2. The Hall–Kier alpha value is -4.54. The Labute approximate surface area is 288 Å². The smallest absolute Gasteiger partial charge is 0.264 e. The highest BCUT2D eigenvalue weighted by molar-refractivity contribution is 7.92. The number of ether oxygens (including phenoxy) is 2. The topological polar surface area (TPSA) is 105 Å². The number of rotatable bonds is 16. The highest BCUT2D eigenvalue weighted by Crippen LogP contribution is 2.32. The Balaban J connectivity index is 1.80. The minimum atomic E-state index is -4.32. The van der Waals surface area contributed by atoms with Crippen LogP contribution >= 0.6 is 11.6 Å². The zero-order valence-electron chi connectivity index (χ0n) is 27.7. The third-order valence-electron chi connectivity index (χ3n) is 7.91. The molecule has 4 aromatic rings. The second-order valence-corrected chi connectivity index (χ2v) is 13.7. The average Bonchev–Trinajstić information content (AvgIpc) is 3.10. The molecule has 0 bridgehead atoms. The molecule has 0 aromatic heterocycles. The molecule has 48 heavy (non-hydrogen) atoms. The van der Waals surface area contributed by atoms with Crippen LogP contribution in [0.3, 0.4) is 0 Å². The lowest BCUT2D eigenvalue weighted by Gasteiger charge is -2.34. The maximum absolute atomic E-state index is 14.6. The maximum atomic E-state index is 14.6. The molecule has 0 aliphatic carbocycles. The van der Waals surface area contributed by atoms with Crippen LogP contribution in [0.2, 0.25) is 5.02 Å². The van der Waals surface area contributed by atoms with Crippen LogP contribution in [-0.2, 0) is 32.6 Å². The van der Waals surface area contributed by atoms with Crippen molar-refractivity contribution in [1.29, 1.82) is 0 Å². The quantitative estimate of drug-likeness (QED) is 0.136. The molecular formula is C37H42ClN3O6S. The normalized spacial score (nSPS) is 11.8. The molecule has 0 radical (unpaired) electrons. The van der Waals surface area contributed by atoms with Gasteiger partial charge in [0.05, 0.1) is 24.8 Å². The van der Waals surface area contributed by atoms with E-state index in [1.807, 2.05) is 44.2 Å². The Bertz CT molecular complexity index is 1770. The van der Waals surface area contributed by atoms with Gasteiger partial charge in [-0.05, 0) is 60.9 Å². The molecule has 9 nitrogen and oxygen atoms in total. The van der Waals surface area contributed by atoms with E-state index in [-0.39, 0.29) is 29.5 Å². The first-order chi connectivity index (χ1) is 23.1. The van der Waals surface area contributed by atoms with E-state index in [1.165, 1.54) is 37.3 Å². The number of hydrogen-bond acceptors (Lipinski definition) is 6. The fourth-order valence-electron chi connectivity index (χ4n) is 5.19. The van der Waals surface area contributed by atoms with Gasteiger partial charge >= 0.3 is 0 Å². The number of hydrogen-bond donors (Lipinski definition) is 1. The summed E-state index contributed by atoms with van der Waals surface area (Å²) in [5, 5.41) is 3.52. The van der Waals surface area contributed by atoms with E-state index in [9.17, 15) is 18.0 Å². The lowest BCUT2D eigenvalue weighted by atomic mass is 10.0. The number of aryl methyl sites for hydroxylation is 1. The molecule has 0 aliphatic rings. The van der Waals surface area contributed by atoms with Gasteiger partial charge < -0.3 is 19.7 Å². The van der Waals surface area contributed by atoms with Crippen LogP contribution in [0.25, 0.3) is 0 Å². The SMILES string of the molecule is CCCCNC(=O)C(Cc1ccccc1)N(Cc1ccc(Cl)cc1)C(=O)CN(c1ccc(C)cc1)S(=O)(=O)c1ccc(OC)c(OC)c1. The van der Waals surface area contributed by atoms with Crippen LogP contribution in [-0.4, -0.2) is 58.5 Å². The summed E-state index contributed by atoms with van der Waals surface area (Å²) >= 11 is 6.16. The molecule has 0 spiro atoms. The van der Waals surface area contributed by atoms with Gasteiger partial charge in [0, 0.05) is 30.6 Å². The highest BCUT2D eigenvalue weighted by Gasteiger charge is 2.35. The predicted octanol–water partition coefficient (Wildman–Crippen LogP) is 6.42. The zero-order valence-corrected chi connectivity index (χ0v) is 29.3. The maximum Gasteiger partial charge on any atom is 0.264 e. The van der Waals surface area contributed by atoms with E-state index in [1.54, 1.807) is 48.5 Å². The second kappa shape index (κ2) is 17.0. The number of nitrogens with one attached hydrogen (secondary N) is 1. The number of halogens is 1. The molecule has 0 saturated heterocycles. The third kappa shape index (κ3) is 9.29. The first kappa shape index (κ1) is 36.3. The fourth-order valence-corrected chi connectivity index (χ4v) is 6.75. The summed E-state index contributed by atoms with van der Waals surface area (Å²) < 4.78 is 40.5. The molecule has 254 valence electrons. The summed E-state index contributed by atoms with van der Waals surface area (Å²) in [4.78, 5) is 29.8. The fraction of sp³-hybridized carbons (Fsp3) is 0.297. The van der Waals surface area contributed by atoms with Crippen molar-refractivity contribution in [2.24, 2.45) is 0 Å². The molecule has 0 saturated carbocycles. The Kier molecular flexibility index (Phi) is 12.9. The van der Waals surface area contributed by atoms with E-state index < -0.39 is 28.5 Å². The zero-order chi connectivity index (χ0) is 34.7. The van der Waals surface area contributed by atoms with Gasteiger partial charge in [0.15, 0.2) is 11.5 Å². The highest BCUT2D eigenvalue weighted by atomic mass is 35.5. The number of carbonyl (C=O) groups excluding carboxylic acids is 2. The number of unbranched alkanes of at least 4 members (excludes halogenated alkanes) is 1. The monoisotopic (exact) mass is 691 g/mol. The van der Waals surface area contributed by atoms with Crippen LogP contribution in [0.5, 0.6) is 11.5 Å². The van der Waals surface area contributed by atoms with Gasteiger partial charge in [0.25, 0.3) is 10.0 Å². The van der Waals surface area contributed by atoms with Gasteiger partial charge in [0.1, 0.15) is 12.6 Å². The third-order valence-corrected chi connectivity index (χ3v) is 9.93. The average molecular weight is 692 g/mol. The van der Waals surface area contributed by atoms with Gasteiger partial charge in [-0.1, -0.05) is 85.1 Å². The first-order valence-corrected chi connectivity index (χ1v) is 17.6. The van der Waals surface area contributed by atoms with Gasteiger partial charge in [-0.3, -0.25) is 13.9 Å². The number of carbonyl (C=O) groups is 2. The minimum absolute atomic E-state index is 0.0485. The van der Waals surface area contributed by atoms with E-state index in [4.69, 9.17) is 21.1 Å². The number of nitrogens with zero attached hydrogens (tertiary/aromatic N) is 2. The molecule has 1 N–H and O–H groups in total. The molecule has 4 rings (SSSR count). The summed E-state index contributed by atoms with van der Waals surface area (Å²) in [6.45, 7) is 3.85. The van der Waals surface area contributed by atoms with Gasteiger partial charge in [-0.15, -0.1) is 0 Å². The molecule has 1 atom stereocenters. The molecule has 0 heterocycles. The van der Waals surface area contributed by atoms with Gasteiger partial charge in [-0.2, -0.15) is 0 Å². The molecule has 2 amide bonds. The van der Waals surface area contributed by atoms with Crippen LogP contribution < -0.4 is 19.1 Å². The number of anilines is 1. The van der Waals surface area contributed by atoms with Crippen molar-refractivity contribution in [3.63, 3.8) is 0 Å². The molecule has 1 unspecified atom stereocenters. The summed E-state index contributed by atoms with van der Waals surface area (Å²) in [5.74, 6) is -0.286. The minimum Gasteiger partial charge on any atom is -0.493 e. The lowest BCUT2D eigenvalue weighted by molar-refractivity contribution is -0.140. The van der Waals surface area contributed by atoms with Crippen LogP contribution in [0, 0.1) is 6.92 Å². The van der Waals surface area contributed by atoms with Gasteiger partial charge in [-0.25, -0.2) is 8.42 Å². The van der Waals surface area contributed by atoms with E-state index in [0.29, 0.717) is 23.0 Å². The molecule has 0 aliphatic heterocycles. The van der Waals surface area contributed by atoms with Crippen molar-refractivity contribution >= 4 is 39.1 Å². The first-order valence-electron chi connectivity index (χ1n) is 15.7. The van der Waals surface area contributed by atoms with Crippen molar-refractivity contribution in [3.05, 3.63) is 119 Å². The van der Waals surface area contributed by atoms with Crippen molar-refractivity contribution in [3.8, 4) is 11.5 Å². The molecule has 0 fully saturated rings. The number of methoxy groups -OCH3 is 2. The largest absolute Gasteiger partial charge is 0.493 e.